The maximum Gasteiger partial charge on any atom is 0.360 e. The summed E-state index contributed by atoms with van der Waals surface area (Å²) in [6.45, 7) is 2.21. The molecule has 0 saturated heterocycles. The van der Waals surface area contributed by atoms with Crippen LogP contribution in [0.1, 0.15) is 47.4 Å². The first kappa shape index (κ1) is 18.2. The Labute approximate surface area is 154 Å². The number of pyridine rings is 1. The van der Waals surface area contributed by atoms with E-state index in [1.54, 1.807) is 6.07 Å². The number of hydrogen-bond acceptors (Lipinski definition) is 5. The molecule has 0 aliphatic carbocycles. The Kier molecular flexibility index (Phi) is 6.10. The third-order valence-electron chi connectivity index (χ3n) is 4.88. The fourth-order valence-corrected chi connectivity index (χ4v) is 3.51. The summed E-state index contributed by atoms with van der Waals surface area (Å²) in [5.41, 5.74) is 3.66. The second-order valence-electron chi connectivity index (χ2n) is 6.69. The molecule has 138 valence electrons. The summed E-state index contributed by atoms with van der Waals surface area (Å²) in [4.78, 5) is 18.3. The van der Waals surface area contributed by atoms with Crippen molar-refractivity contribution in [1.29, 1.82) is 0 Å². The number of hydrogen-bond donors (Lipinski definition) is 1. The maximum absolute atomic E-state index is 11.6. The van der Waals surface area contributed by atoms with Crippen LogP contribution in [-0.4, -0.2) is 36.3 Å². The van der Waals surface area contributed by atoms with Gasteiger partial charge < -0.3 is 14.7 Å². The van der Waals surface area contributed by atoms with Gasteiger partial charge in [-0.15, -0.1) is 0 Å². The van der Waals surface area contributed by atoms with Gasteiger partial charge in [0, 0.05) is 24.5 Å². The van der Waals surface area contributed by atoms with E-state index in [-0.39, 0.29) is 11.4 Å². The molecule has 1 aromatic carbocycles. The number of fused-ring (bicyclic) bond motifs is 1. The van der Waals surface area contributed by atoms with Gasteiger partial charge in [0.1, 0.15) is 5.75 Å². The summed E-state index contributed by atoms with van der Waals surface area (Å²) in [6.07, 6.45) is 6.45. The number of aromatic nitrogens is 1. The lowest BCUT2D eigenvalue weighted by atomic mass is 10.0. The monoisotopic (exact) mass is 354 g/mol. The molecule has 5 nitrogen and oxygen atoms in total. The Bertz CT molecular complexity index is 761. The van der Waals surface area contributed by atoms with Crippen molar-refractivity contribution in [3.8, 4) is 5.75 Å². The first-order valence-corrected chi connectivity index (χ1v) is 9.29. The summed E-state index contributed by atoms with van der Waals surface area (Å²) < 4.78 is 4.64. The van der Waals surface area contributed by atoms with Gasteiger partial charge in [-0.05, 0) is 55.9 Å². The van der Waals surface area contributed by atoms with Gasteiger partial charge in [-0.1, -0.05) is 24.6 Å². The van der Waals surface area contributed by atoms with E-state index in [1.165, 1.54) is 37.3 Å². The highest BCUT2D eigenvalue weighted by Crippen LogP contribution is 2.27. The topological polar surface area (TPSA) is 62.7 Å². The predicted molar refractivity (Wildman–Crippen MR) is 102 cm³/mol. The van der Waals surface area contributed by atoms with E-state index in [9.17, 15) is 9.90 Å². The minimum Gasteiger partial charge on any atom is -0.505 e. The zero-order chi connectivity index (χ0) is 18.4. The molecule has 1 aliphatic heterocycles. The van der Waals surface area contributed by atoms with Crippen LogP contribution in [0.4, 0.5) is 5.69 Å². The van der Waals surface area contributed by atoms with E-state index in [4.69, 9.17) is 0 Å². The molecule has 2 heterocycles. The number of ether oxygens (including phenoxy) is 1. The Morgan fingerprint density at radius 2 is 2.04 bits per heavy atom. The number of benzene rings is 1. The number of aromatic hydroxyl groups is 1. The van der Waals surface area contributed by atoms with Gasteiger partial charge in [0.15, 0.2) is 5.69 Å². The van der Waals surface area contributed by atoms with E-state index in [2.05, 4.69) is 38.9 Å². The van der Waals surface area contributed by atoms with Crippen LogP contribution < -0.4 is 4.90 Å². The molecular weight excluding hydrogens is 328 g/mol. The van der Waals surface area contributed by atoms with Crippen molar-refractivity contribution in [2.45, 2.75) is 38.5 Å². The summed E-state index contributed by atoms with van der Waals surface area (Å²) in [5.74, 6) is -0.738. The quantitative estimate of drug-likeness (QED) is 0.606. The van der Waals surface area contributed by atoms with E-state index in [1.807, 2.05) is 0 Å². The number of methoxy groups -OCH3 is 1. The molecule has 0 bridgehead atoms. The molecule has 1 N–H and O–H groups in total. The van der Waals surface area contributed by atoms with E-state index < -0.39 is 5.97 Å². The zero-order valence-corrected chi connectivity index (χ0v) is 15.3. The third kappa shape index (κ3) is 4.34. The number of esters is 1. The molecule has 0 amide bonds. The van der Waals surface area contributed by atoms with E-state index >= 15 is 0 Å². The van der Waals surface area contributed by atoms with Gasteiger partial charge in [-0.25, -0.2) is 9.78 Å². The van der Waals surface area contributed by atoms with Crippen LogP contribution in [-0.2, 0) is 17.6 Å². The molecule has 1 aromatic heterocycles. The van der Waals surface area contributed by atoms with Crippen molar-refractivity contribution in [2.24, 2.45) is 0 Å². The molecule has 1 aliphatic rings. The summed E-state index contributed by atoms with van der Waals surface area (Å²) in [7, 11) is 1.29. The van der Waals surface area contributed by atoms with Crippen molar-refractivity contribution in [3.63, 3.8) is 0 Å². The summed E-state index contributed by atoms with van der Waals surface area (Å²) >= 11 is 0. The normalized spacial score (nSPS) is 13.3. The maximum atomic E-state index is 11.6. The standard InChI is InChI=1S/C21H26N2O3/c1-26-21(25)20-19(24)13-12-17(22-20)10-3-2-6-14-23-15-7-9-16-8-4-5-11-18(16)23/h4-5,8,11-13,24H,2-3,6-7,9-10,14-15H2,1H3. The molecule has 2 aromatic rings. The van der Waals surface area contributed by atoms with Crippen LogP contribution in [0.25, 0.3) is 0 Å². The molecule has 0 saturated carbocycles. The van der Waals surface area contributed by atoms with Gasteiger partial charge in [0.2, 0.25) is 0 Å². The van der Waals surface area contributed by atoms with Crippen LogP contribution in [0.5, 0.6) is 5.75 Å². The Hall–Kier alpha value is -2.56. The smallest absolute Gasteiger partial charge is 0.360 e. The van der Waals surface area contributed by atoms with Crippen LogP contribution in [0, 0.1) is 0 Å². The van der Waals surface area contributed by atoms with Crippen LogP contribution >= 0.6 is 0 Å². The first-order chi connectivity index (χ1) is 12.7. The Morgan fingerprint density at radius 3 is 2.88 bits per heavy atom. The molecular formula is C21H26N2O3. The molecule has 0 radical (unpaired) electrons. The number of nitrogens with zero attached hydrogens (tertiary/aromatic N) is 2. The van der Waals surface area contributed by atoms with Crippen molar-refractivity contribution in [2.75, 3.05) is 25.1 Å². The van der Waals surface area contributed by atoms with Gasteiger partial charge in [0.05, 0.1) is 7.11 Å². The van der Waals surface area contributed by atoms with Crippen LogP contribution in [0.3, 0.4) is 0 Å². The molecule has 26 heavy (non-hydrogen) atoms. The average molecular weight is 354 g/mol. The Morgan fingerprint density at radius 1 is 1.19 bits per heavy atom. The average Bonchev–Trinajstić information content (AvgIpc) is 2.68. The highest BCUT2D eigenvalue weighted by molar-refractivity contribution is 5.90. The highest BCUT2D eigenvalue weighted by atomic mass is 16.5. The zero-order valence-electron chi connectivity index (χ0n) is 15.3. The number of anilines is 1. The minimum atomic E-state index is -0.604. The Balaban J connectivity index is 1.46. The number of rotatable bonds is 7. The van der Waals surface area contributed by atoms with Gasteiger partial charge in [-0.2, -0.15) is 0 Å². The van der Waals surface area contributed by atoms with Crippen LogP contribution in [0.2, 0.25) is 0 Å². The fraction of sp³-hybridized carbons (Fsp3) is 0.429. The van der Waals surface area contributed by atoms with E-state index in [0.29, 0.717) is 0 Å². The van der Waals surface area contributed by atoms with Gasteiger partial charge in [0.25, 0.3) is 0 Å². The molecule has 0 unspecified atom stereocenters. The number of para-hydroxylation sites is 1. The second-order valence-corrected chi connectivity index (χ2v) is 6.69. The summed E-state index contributed by atoms with van der Waals surface area (Å²) in [5, 5.41) is 9.70. The largest absolute Gasteiger partial charge is 0.505 e. The second kappa shape index (κ2) is 8.70. The molecule has 0 spiro atoms. The number of carbonyl (C=O) groups excluding carboxylic acids is 1. The SMILES string of the molecule is COC(=O)c1nc(CCCCCN2CCCc3ccccc32)ccc1O. The van der Waals surface area contributed by atoms with E-state index in [0.717, 1.165) is 44.5 Å². The first-order valence-electron chi connectivity index (χ1n) is 9.29. The summed E-state index contributed by atoms with van der Waals surface area (Å²) in [6, 6.07) is 12.0. The number of unbranched alkanes of at least 4 members (excludes halogenated alkanes) is 2. The lowest BCUT2D eigenvalue weighted by Gasteiger charge is -2.31. The number of aryl methyl sites for hydroxylation is 2. The van der Waals surface area contributed by atoms with Crippen LogP contribution in [0.15, 0.2) is 36.4 Å². The van der Waals surface area contributed by atoms with Crippen molar-refractivity contribution < 1.29 is 14.6 Å². The lowest BCUT2D eigenvalue weighted by Crippen LogP contribution is -2.30. The van der Waals surface area contributed by atoms with Crippen molar-refractivity contribution in [3.05, 3.63) is 53.3 Å². The predicted octanol–water partition coefficient (Wildman–Crippen LogP) is 3.74. The molecule has 0 fully saturated rings. The van der Waals surface area contributed by atoms with Crippen molar-refractivity contribution >= 4 is 11.7 Å². The molecule has 5 heteroatoms. The lowest BCUT2D eigenvalue weighted by molar-refractivity contribution is 0.0590. The fourth-order valence-electron chi connectivity index (χ4n) is 3.51. The van der Waals surface area contributed by atoms with Crippen molar-refractivity contribution in [1.82, 2.24) is 4.98 Å². The van der Waals surface area contributed by atoms with Gasteiger partial charge in [-0.3, -0.25) is 0 Å². The van der Waals surface area contributed by atoms with Gasteiger partial charge >= 0.3 is 5.97 Å². The highest BCUT2D eigenvalue weighted by Gasteiger charge is 2.16. The molecule has 3 rings (SSSR count). The molecule has 0 atom stereocenters. The third-order valence-corrected chi connectivity index (χ3v) is 4.88. The minimum absolute atomic E-state index is 0.00470. The number of carbonyl (C=O) groups is 1.